The van der Waals surface area contributed by atoms with Crippen molar-refractivity contribution in [1.29, 1.82) is 0 Å². The van der Waals surface area contributed by atoms with Crippen molar-refractivity contribution >= 4 is 17.6 Å². The van der Waals surface area contributed by atoms with E-state index in [2.05, 4.69) is 4.98 Å². The number of aromatic nitrogens is 1. The third kappa shape index (κ3) is 3.55. The number of pyridine rings is 1. The van der Waals surface area contributed by atoms with Gasteiger partial charge in [-0.1, -0.05) is 29.8 Å². The molecule has 0 saturated heterocycles. The SMILES string of the molecule is Cc1cncc(CC(C(=O)O)c2ccc(Cl)cc2)c1. The number of carboxylic acid groups (broad SMARTS) is 1. The third-order valence-corrected chi connectivity index (χ3v) is 3.19. The Balaban J connectivity index is 2.26. The molecule has 1 heterocycles. The summed E-state index contributed by atoms with van der Waals surface area (Å²) in [6.45, 7) is 1.94. The quantitative estimate of drug-likeness (QED) is 0.930. The molecule has 1 unspecified atom stereocenters. The second kappa shape index (κ2) is 5.85. The first kappa shape index (κ1) is 13.6. The highest BCUT2D eigenvalue weighted by Gasteiger charge is 2.20. The van der Waals surface area contributed by atoms with Gasteiger partial charge in [0.25, 0.3) is 0 Å². The average molecular weight is 276 g/mol. The van der Waals surface area contributed by atoms with Gasteiger partial charge in [-0.2, -0.15) is 0 Å². The zero-order chi connectivity index (χ0) is 13.8. The van der Waals surface area contributed by atoms with Gasteiger partial charge in [-0.05, 0) is 42.2 Å². The molecule has 1 N–H and O–H groups in total. The van der Waals surface area contributed by atoms with Crippen LogP contribution >= 0.6 is 11.6 Å². The highest BCUT2D eigenvalue weighted by atomic mass is 35.5. The number of aryl methyl sites for hydroxylation is 1. The molecule has 1 atom stereocenters. The Morgan fingerprint density at radius 1 is 1.32 bits per heavy atom. The summed E-state index contributed by atoms with van der Waals surface area (Å²) in [5.74, 6) is -1.43. The molecule has 1 aromatic heterocycles. The molecule has 0 saturated carbocycles. The van der Waals surface area contributed by atoms with Gasteiger partial charge in [0.05, 0.1) is 5.92 Å². The summed E-state index contributed by atoms with van der Waals surface area (Å²) >= 11 is 5.82. The van der Waals surface area contributed by atoms with Gasteiger partial charge in [-0.3, -0.25) is 9.78 Å². The van der Waals surface area contributed by atoms with Crippen LogP contribution in [0.2, 0.25) is 5.02 Å². The maximum absolute atomic E-state index is 11.4. The van der Waals surface area contributed by atoms with Crippen molar-refractivity contribution < 1.29 is 9.90 Å². The lowest BCUT2D eigenvalue weighted by Crippen LogP contribution is -2.14. The van der Waals surface area contributed by atoms with E-state index in [4.69, 9.17) is 11.6 Å². The maximum Gasteiger partial charge on any atom is 0.311 e. The molecule has 0 aliphatic heterocycles. The highest BCUT2D eigenvalue weighted by molar-refractivity contribution is 6.30. The van der Waals surface area contributed by atoms with Gasteiger partial charge in [0, 0.05) is 17.4 Å². The number of benzene rings is 1. The summed E-state index contributed by atoms with van der Waals surface area (Å²) in [6, 6.07) is 8.89. The Kier molecular flexibility index (Phi) is 4.17. The maximum atomic E-state index is 11.4. The van der Waals surface area contributed by atoms with Crippen LogP contribution in [0.4, 0.5) is 0 Å². The van der Waals surface area contributed by atoms with Gasteiger partial charge >= 0.3 is 5.97 Å². The van der Waals surface area contributed by atoms with Crippen LogP contribution in [0.3, 0.4) is 0 Å². The minimum absolute atomic E-state index is 0.422. The van der Waals surface area contributed by atoms with Gasteiger partial charge in [0.15, 0.2) is 0 Å². The van der Waals surface area contributed by atoms with Crippen LogP contribution in [0, 0.1) is 6.92 Å². The molecule has 0 radical (unpaired) electrons. The average Bonchev–Trinajstić information content (AvgIpc) is 2.37. The fourth-order valence-electron chi connectivity index (χ4n) is 2.01. The first-order chi connectivity index (χ1) is 9.06. The monoisotopic (exact) mass is 275 g/mol. The second-order valence-electron chi connectivity index (χ2n) is 4.52. The molecule has 3 nitrogen and oxygen atoms in total. The van der Waals surface area contributed by atoms with Crippen LogP contribution in [-0.4, -0.2) is 16.1 Å². The van der Waals surface area contributed by atoms with Crippen LogP contribution < -0.4 is 0 Å². The fourth-order valence-corrected chi connectivity index (χ4v) is 2.13. The number of rotatable bonds is 4. The molecule has 2 aromatic rings. The summed E-state index contributed by atoms with van der Waals surface area (Å²) < 4.78 is 0. The van der Waals surface area contributed by atoms with Crippen molar-refractivity contribution in [2.24, 2.45) is 0 Å². The number of carboxylic acids is 1. The summed E-state index contributed by atoms with van der Waals surface area (Å²) in [5, 5.41) is 9.98. The van der Waals surface area contributed by atoms with Crippen LogP contribution in [0.25, 0.3) is 0 Å². The molecule has 4 heteroatoms. The largest absolute Gasteiger partial charge is 0.481 e. The standard InChI is InChI=1S/C15H14ClNO2/c1-10-6-11(9-17-8-10)7-14(15(18)19)12-2-4-13(16)5-3-12/h2-6,8-9,14H,7H2,1H3,(H,18,19). The lowest BCUT2D eigenvalue weighted by molar-refractivity contribution is -0.138. The molecule has 1 aromatic carbocycles. The number of carbonyl (C=O) groups is 1. The van der Waals surface area contributed by atoms with Crippen molar-refractivity contribution in [3.8, 4) is 0 Å². The van der Waals surface area contributed by atoms with Crippen molar-refractivity contribution in [2.75, 3.05) is 0 Å². The van der Waals surface area contributed by atoms with E-state index < -0.39 is 11.9 Å². The predicted octanol–water partition coefficient (Wildman–Crippen LogP) is 3.45. The van der Waals surface area contributed by atoms with Gasteiger partial charge < -0.3 is 5.11 Å². The van der Waals surface area contributed by atoms with Gasteiger partial charge in [0.2, 0.25) is 0 Å². The van der Waals surface area contributed by atoms with E-state index in [1.165, 1.54) is 0 Å². The molecule has 0 bridgehead atoms. The molecule has 0 spiro atoms. The fraction of sp³-hybridized carbons (Fsp3) is 0.200. The van der Waals surface area contributed by atoms with Gasteiger partial charge in [-0.15, -0.1) is 0 Å². The predicted molar refractivity (Wildman–Crippen MR) is 74.5 cm³/mol. The zero-order valence-corrected chi connectivity index (χ0v) is 11.3. The molecule has 0 aliphatic carbocycles. The zero-order valence-electron chi connectivity index (χ0n) is 10.5. The van der Waals surface area contributed by atoms with E-state index in [-0.39, 0.29) is 0 Å². The first-order valence-corrected chi connectivity index (χ1v) is 6.33. The van der Waals surface area contributed by atoms with E-state index in [0.29, 0.717) is 11.4 Å². The van der Waals surface area contributed by atoms with E-state index in [9.17, 15) is 9.90 Å². The van der Waals surface area contributed by atoms with E-state index in [1.807, 2.05) is 13.0 Å². The number of halogens is 1. The van der Waals surface area contributed by atoms with Gasteiger partial charge in [0.1, 0.15) is 0 Å². The molecule has 2 rings (SSSR count). The molecule has 19 heavy (non-hydrogen) atoms. The number of hydrogen-bond donors (Lipinski definition) is 1. The van der Waals surface area contributed by atoms with Crippen LogP contribution in [0.15, 0.2) is 42.7 Å². The van der Waals surface area contributed by atoms with Crippen molar-refractivity contribution in [2.45, 2.75) is 19.3 Å². The summed E-state index contributed by atoms with van der Waals surface area (Å²) in [6.07, 6.45) is 3.88. The molecule has 0 aliphatic rings. The highest BCUT2D eigenvalue weighted by Crippen LogP contribution is 2.23. The third-order valence-electron chi connectivity index (χ3n) is 2.94. The summed E-state index contributed by atoms with van der Waals surface area (Å²) in [5.41, 5.74) is 2.69. The van der Waals surface area contributed by atoms with Gasteiger partial charge in [-0.25, -0.2) is 0 Å². The van der Waals surface area contributed by atoms with Crippen molar-refractivity contribution in [1.82, 2.24) is 4.98 Å². The molecular formula is C15H14ClNO2. The molecule has 98 valence electrons. The van der Waals surface area contributed by atoms with Crippen LogP contribution in [0.1, 0.15) is 22.6 Å². The van der Waals surface area contributed by atoms with E-state index >= 15 is 0 Å². The number of nitrogens with zero attached hydrogens (tertiary/aromatic N) is 1. The number of hydrogen-bond acceptors (Lipinski definition) is 2. The van der Waals surface area contributed by atoms with Crippen molar-refractivity contribution in [3.05, 3.63) is 64.4 Å². The topological polar surface area (TPSA) is 50.2 Å². The van der Waals surface area contributed by atoms with E-state index in [1.54, 1.807) is 36.7 Å². The summed E-state index contributed by atoms with van der Waals surface area (Å²) in [7, 11) is 0. The molecule has 0 fully saturated rings. The minimum Gasteiger partial charge on any atom is -0.481 e. The molecular weight excluding hydrogens is 262 g/mol. The van der Waals surface area contributed by atoms with E-state index in [0.717, 1.165) is 16.7 Å². The lowest BCUT2D eigenvalue weighted by atomic mass is 9.92. The Hall–Kier alpha value is -1.87. The first-order valence-electron chi connectivity index (χ1n) is 5.95. The Morgan fingerprint density at radius 2 is 2.00 bits per heavy atom. The lowest BCUT2D eigenvalue weighted by Gasteiger charge is -2.13. The number of aliphatic carboxylic acids is 1. The Labute approximate surface area is 116 Å². The Morgan fingerprint density at radius 3 is 2.58 bits per heavy atom. The van der Waals surface area contributed by atoms with Crippen LogP contribution in [-0.2, 0) is 11.2 Å². The Bertz CT molecular complexity index is 581. The second-order valence-corrected chi connectivity index (χ2v) is 4.95. The normalized spacial score (nSPS) is 12.1. The summed E-state index contributed by atoms with van der Waals surface area (Å²) in [4.78, 5) is 15.5. The minimum atomic E-state index is -0.844. The molecule has 0 amide bonds. The van der Waals surface area contributed by atoms with Crippen LogP contribution in [0.5, 0.6) is 0 Å². The van der Waals surface area contributed by atoms with Crippen molar-refractivity contribution in [3.63, 3.8) is 0 Å². The smallest absolute Gasteiger partial charge is 0.311 e.